The van der Waals surface area contributed by atoms with Gasteiger partial charge in [0, 0.05) is 39.6 Å². The summed E-state index contributed by atoms with van der Waals surface area (Å²) in [6.45, 7) is 0. The minimum Gasteiger partial charge on any atom is -0.456 e. The number of furan rings is 1. The minimum atomic E-state index is 0.153. The molecule has 1 heterocycles. The predicted molar refractivity (Wildman–Crippen MR) is 204 cm³/mol. The van der Waals surface area contributed by atoms with Gasteiger partial charge in [0.25, 0.3) is 0 Å². The number of nitrogens with zero attached hydrogens (tertiary/aromatic N) is 2. The van der Waals surface area contributed by atoms with Crippen LogP contribution in [-0.2, 0) is 0 Å². The van der Waals surface area contributed by atoms with Crippen LogP contribution in [0.3, 0.4) is 0 Å². The van der Waals surface area contributed by atoms with Crippen LogP contribution in [0.5, 0.6) is 0 Å². The molecule has 1 aromatic heterocycles. The summed E-state index contributed by atoms with van der Waals surface area (Å²) in [5.41, 5.74) is 10.0. The summed E-state index contributed by atoms with van der Waals surface area (Å²) < 4.78 is 6.36. The van der Waals surface area contributed by atoms with Crippen molar-refractivity contribution in [2.24, 2.45) is 9.98 Å². The van der Waals surface area contributed by atoms with Gasteiger partial charge in [-0.15, -0.1) is 0 Å². The topological polar surface area (TPSA) is 61.7 Å². The number of amidine groups is 2. The van der Waals surface area contributed by atoms with E-state index in [4.69, 9.17) is 19.8 Å². The summed E-state index contributed by atoms with van der Waals surface area (Å²) in [6.07, 6.45) is 11.5. The van der Waals surface area contributed by atoms with Gasteiger partial charge in [-0.25, -0.2) is 9.98 Å². The van der Waals surface area contributed by atoms with E-state index in [-0.39, 0.29) is 11.8 Å². The first-order valence-electron chi connectivity index (χ1n) is 16.5. The Morgan fingerprint density at radius 3 is 1.88 bits per heavy atom. The first kappa shape index (κ1) is 30.0. The van der Waals surface area contributed by atoms with E-state index in [1.54, 1.807) is 0 Å². The highest BCUT2D eigenvalue weighted by Gasteiger charge is 2.19. The Morgan fingerprint density at radius 1 is 0.592 bits per heavy atom. The number of hydrogen-bond donors (Lipinski definition) is 1. The number of benzene rings is 6. The summed E-state index contributed by atoms with van der Waals surface area (Å²) in [6, 6.07) is 49.2. The summed E-state index contributed by atoms with van der Waals surface area (Å²) >= 11 is 0. The summed E-state index contributed by atoms with van der Waals surface area (Å²) in [5, 5.41) is 11.0. The fourth-order valence-electron chi connectivity index (χ4n) is 6.51. The van der Waals surface area contributed by atoms with E-state index >= 15 is 0 Å². The maximum absolute atomic E-state index is 8.83. The highest BCUT2D eigenvalue weighted by molar-refractivity contribution is 6.18. The zero-order valence-corrected chi connectivity index (χ0v) is 26.8. The van der Waals surface area contributed by atoms with Gasteiger partial charge in [-0.2, -0.15) is 0 Å². The molecule has 1 N–H and O–H groups in total. The first-order chi connectivity index (χ1) is 24.2. The summed E-state index contributed by atoms with van der Waals surface area (Å²) in [7, 11) is 0. The Kier molecular flexibility index (Phi) is 8.19. The number of fused-ring (bicyclic) bond motifs is 3. The van der Waals surface area contributed by atoms with Crippen molar-refractivity contribution >= 4 is 39.8 Å². The Morgan fingerprint density at radius 2 is 1.20 bits per heavy atom. The van der Waals surface area contributed by atoms with Crippen LogP contribution in [0.15, 0.2) is 184 Å². The smallest absolute Gasteiger partial charge is 0.161 e. The maximum Gasteiger partial charge on any atom is 0.161 e. The van der Waals surface area contributed by atoms with Gasteiger partial charge >= 0.3 is 0 Å². The van der Waals surface area contributed by atoms with Crippen LogP contribution >= 0.6 is 0 Å². The molecule has 0 bridgehead atoms. The van der Waals surface area contributed by atoms with Crippen molar-refractivity contribution in [2.45, 2.75) is 12.3 Å². The minimum absolute atomic E-state index is 0.153. The van der Waals surface area contributed by atoms with Crippen molar-refractivity contribution in [3.63, 3.8) is 0 Å². The van der Waals surface area contributed by atoms with E-state index in [9.17, 15) is 0 Å². The van der Waals surface area contributed by atoms with E-state index in [1.165, 1.54) is 16.7 Å². The normalized spacial score (nSPS) is 14.6. The molecule has 0 radical (unpaired) electrons. The third-order valence-electron chi connectivity index (χ3n) is 9.03. The van der Waals surface area contributed by atoms with Crippen LogP contribution in [0.25, 0.3) is 44.2 Å². The number of rotatable bonds is 6. The maximum atomic E-state index is 8.83. The summed E-state index contributed by atoms with van der Waals surface area (Å²) in [4.78, 5) is 9.74. The molecule has 49 heavy (non-hydrogen) atoms. The molecule has 0 fully saturated rings. The highest BCUT2D eigenvalue weighted by atomic mass is 16.3. The lowest BCUT2D eigenvalue weighted by Gasteiger charge is -2.14. The quantitative estimate of drug-likeness (QED) is 0.144. The molecule has 0 aliphatic heterocycles. The second-order valence-corrected chi connectivity index (χ2v) is 12.1. The van der Waals surface area contributed by atoms with Crippen molar-refractivity contribution < 1.29 is 4.42 Å². The molecule has 1 aliphatic carbocycles. The number of aliphatic imine (C=N–C) groups is 2. The molecule has 0 amide bonds. The van der Waals surface area contributed by atoms with Crippen LogP contribution in [0.4, 0.5) is 0 Å². The van der Waals surface area contributed by atoms with Crippen molar-refractivity contribution in [3.05, 3.63) is 192 Å². The molecule has 4 heteroatoms. The molecule has 1 atom stereocenters. The number of nitrogens with one attached hydrogen (secondary N) is 1. The van der Waals surface area contributed by atoms with Crippen LogP contribution in [0.2, 0.25) is 0 Å². The Bertz CT molecular complexity index is 2400. The van der Waals surface area contributed by atoms with Gasteiger partial charge in [-0.1, -0.05) is 158 Å². The molecule has 7 aromatic rings. The van der Waals surface area contributed by atoms with Crippen LogP contribution in [-0.4, -0.2) is 17.9 Å². The third kappa shape index (κ3) is 6.20. The van der Waals surface area contributed by atoms with Crippen molar-refractivity contribution in [2.75, 3.05) is 0 Å². The zero-order valence-electron chi connectivity index (χ0n) is 26.8. The molecule has 4 nitrogen and oxygen atoms in total. The van der Waals surface area contributed by atoms with E-state index in [1.807, 2.05) is 72.9 Å². The van der Waals surface area contributed by atoms with Gasteiger partial charge < -0.3 is 4.42 Å². The fraction of sp³-hybridized carbons (Fsp3) is 0.0444. The molecule has 6 aromatic carbocycles. The van der Waals surface area contributed by atoms with Gasteiger partial charge in [0.1, 0.15) is 11.2 Å². The van der Waals surface area contributed by atoms with Gasteiger partial charge in [-0.3, -0.25) is 5.41 Å². The molecular formula is C45H33N3O. The van der Waals surface area contributed by atoms with Crippen LogP contribution in [0.1, 0.15) is 34.6 Å². The Hall–Kier alpha value is -6.39. The predicted octanol–water partition coefficient (Wildman–Crippen LogP) is 11.4. The average molecular weight is 632 g/mol. The molecule has 1 aliphatic rings. The monoisotopic (exact) mass is 631 g/mol. The van der Waals surface area contributed by atoms with Crippen LogP contribution < -0.4 is 0 Å². The highest BCUT2D eigenvalue weighted by Crippen LogP contribution is 2.38. The fourth-order valence-corrected chi connectivity index (χ4v) is 6.51. The van der Waals surface area contributed by atoms with Crippen molar-refractivity contribution in [3.8, 4) is 22.3 Å². The average Bonchev–Trinajstić information content (AvgIpc) is 3.57. The zero-order chi connectivity index (χ0) is 33.0. The number of allylic oxidation sites excluding steroid dienone is 4. The molecule has 8 rings (SSSR count). The van der Waals surface area contributed by atoms with Gasteiger partial charge in [0.05, 0.1) is 0 Å². The van der Waals surface area contributed by atoms with E-state index < -0.39 is 0 Å². The lowest BCUT2D eigenvalue weighted by atomic mass is 9.89. The largest absolute Gasteiger partial charge is 0.456 e. The van der Waals surface area contributed by atoms with E-state index in [0.717, 1.165) is 56.2 Å². The molecule has 234 valence electrons. The van der Waals surface area contributed by atoms with Crippen LogP contribution in [0, 0.1) is 5.41 Å². The van der Waals surface area contributed by atoms with E-state index in [2.05, 4.69) is 103 Å². The molecule has 0 saturated heterocycles. The standard InChI is InChI=1S/C45H33N3O/c46-44(36-16-8-3-9-17-36)48-45(37-28-26-34(27-29-37)33-24-22-32(23-25-33)31-12-4-1-5-13-31)47-30-38-18-10-20-40-42(38)43-39(19-11-21-41(43)49-40)35-14-6-2-7-15-35/h1-14,16-30,35,46H,15H2. The van der Waals surface area contributed by atoms with Gasteiger partial charge in [-0.05, 0) is 46.4 Å². The van der Waals surface area contributed by atoms with Crippen molar-refractivity contribution in [1.29, 1.82) is 5.41 Å². The second-order valence-electron chi connectivity index (χ2n) is 12.1. The SMILES string of the molecule is N=C(N=C(N=Cc1cccc2oc3cccc(C4C=CC=CC4)c3c12)c1ccc(-c2ccc(-c3ccccc3)cc2)cc1)c1ccccc1. The van der Waals surface area contributed by atoms with Crippen molar-refractivity contribution in [1.82, 2.24) is 0 Å². The third-order valence-corrected chi connectivity index (χ3v) is 9.03. The van der Waals surface area contributed by atoms with Gasteiger partial charge in [0.15, 0.2) is 11.7 Å². The Labute approximate surface area is 285 Å². The first-order valence-corrected chi connectivity index (χ1v) is 16.5. The molecule has 0 spiro atoms. The van der Waals surface area contributed by atoms with E-state index in [0.29, 0.717) is 5.84 Å². The molecular weight excluding hydrogens is 599 g/mol. The Balaban J connectivity index is 1.17. The van der Waals surface area contributed by atoms with Gasteiger partial charge in [0.2, 0.25) is 0 Å². The number of hydrogen-bond acceptors (Lipinski definition) is 2. The second kappa shape index (κ2) is 13.4. The summed E-state index contributed by atoms with van der Waals surface area (Å²) in [5.74, 6) is 0.890. The molecule has 1 unspecified atom stereocenters. The lowest BCUT2D eigenvalue weighted by Crippen LogP contribution is -2.04. The molecule has 0 saturated carbocycles. The lowest BCUT2D eigenvalue weighted by molar-refractivity contribution is 0.668.